The topological polar surface area (TPSA) is 34.1 Å². The van der Waals surface area contributed by atoms with Crippen LogP contribution in [0.2, 0.25) is 0 Å². The van der Waals surface area contributed by atoms with E-state index in [1.165, 1.54) is 11.3 Å². The predicted octanol–water partition coefficient (Wildman–Crippen LogP) is 3.13. The highest BCUT2D eigenvalue weighted by Crippen LogP contribution is 2.32. The Morgan fingerprint density at radius 3 is 2.62 bits per heavy atom. The van der Waals surface area contributed by atoms with E-state index >= 15 is 0 Å². The summed E-state index contributed by atoms with van der Waals surface area (Å²) < 4.78 is 0.840. The predicted molar refractivity (Wildman–Crippen MR) is 70.3 cm³/mol. The smallest absolute Gasteiger partial charge is 0.205 e. The lowest BCUT2D eigenvalue weighted by Crippen LogP contribution is -2.19. The molecule has 0 fully saturated rings. The van der Waals surface area contributed by atoms with Crippen LogP contribution in [0.5, 0.6) is 0 Å². The van der Waals surface area contributed by atoms with Crippen LogP contribution in [0.1, 0.15) is 31.2 Å². The second-order valence-corrected chi connectivity index (χ2v) is 5.56. The van der Waals surface area contributed by atoms with E-state index < -0.39 is 0 Å². The van der Waals surface area contributed by atoms with Gasteiger partial charge >= 0.3 is 0 Å². The van der Waals surface area contributed by atoms with Gasteiger partial charge in [0, 0.05) is 20.3 Å². The van der Waals surface area contributed by atoms with Gasteiger partial charge in [-0.1, -0.05) is 12.1 Å². The van der Waals surface area contributed by atoms with Crippen molar-refractivity contribution in [3.8, 4) is 0 Å². The Balaban J connectivity index is 2.38. The van der Waals surface area contributed by atoms with Crippen molar-refractivity contribution in [2.45, 2.75) is 0 Å². The number of carbonyl (C=O) groups excluding carboxylic acids is 2. The molecule has 78 valence electrons. The molecule has 1 aliphatic rings. The molecule has 1 aliphatic carbocycles. The highest BCUT2D eigenvalue weighted by Gasteiger charge is 2.31. The summed E-state index contributed by atoms with van der Waals surface area (Å²) in [6, 6.07) is 7.10. The van der Waals surface area contributed by atoms with Crippen LogP contribution in [-0.2, 0) is 0 Å². The molecule has 0 N–H and O–H groups in total. The molecule has 0 saturated carbocycles. The van der Waals surface area contributed by atoms with Gasteiger partial charge in [0.2, 0.25) is 5.78 Å². The molecule has 3 rings (SSSR count). The highest BCUT2D eigenvalue weighted by molar-refractivity contribution is 14.1. The van der Waals surface area contributed by atoms with Crippen LogP contribution in [0, 0.1) is 3.57 Å². The molecule has 1 heterocycles. The van der Waals surface area contributed by atoms with Crippen molar-refractivity contribution in [2.24, 2.45) is 0 Å². The van der Waals surface area contributed by atoms with Crippen molar-refractivity contribution in [2.75, 3.05) is 0 Å². The summed E-state index contributed by atoms with van der Waals surface area (Å²) in [6.45, 7) is 0. The van der Waals surface area contributed by atoms with Gasteiger partial charge in [-0.2, -0.15) is 0 Å². The fraction of sp³-hybridized carbons (Fsp3) is 0. The first-order chi connectivity index (χ1) is 7.70. The average molecular weight is 340 g/mol. The quantitative estimate of drug-likeness (QED) is 0.590. The first kappa shape index (κ1) is 10.2. The van der Waals surface area contributed by atoms with Gasteiger partial charge in [-0.05, 0) is 40.1 Å². The molecule has 2 aromatic rings. The Kier molecular flexibility index (Phi) is 2.22. The second-order valence-electron chi connectivity index (χ2n) is 3.48. The van der Waals surface area contributed by atoms with Crippen LogP contribution in [-0.4, -0.2) is 11.6 Å². The summed E-state index contributed by atoms with van der Waals surface area (Å²) in [5, 5.41) is 1.79. The zero-order valence-electron chi connectivity index (χ0n) is 7.99. The largest absolute Gasteiger partial charge is 0.289 e. The lowest BCUT2D eigenvalue weighted by atomic mass is 9.89. The standard InChI is InChI=1S/C12H5IO2S/c13-8-3-1-2-6-9(8)11(15)12-7(10(6)14)4-5-16-12/h1-5H. The van der Waals surface area contributed by atoms with Gasteiger partial charge in [0.05, 0.1) is 4.88 Å². The van der Waals surface area contributed by atoms with Gasteiger partial charge in [-0.15, -0.1) is 11.3 Å². The average Bonchev–Trinajstić information content (AvgIpc) is 2.75. The second kappa shape index (κ2) is 3.49. The maximum atomic E-state index is 12.2. The number of benzene rings is 1. The fourth-order valence-electron chi connectivity index (χ4n) is 1.87. The summed E-state index contributed by atoms with van der Waals surface area (Å²) in [6.07, 6.45) is 0. The van der Waals surface area contributed by atoms with Crippen molar-refractivity contribution in [3.05, 3.63) is 54.8 Å². The SMILES string of the molecule is O=C1c2ccsc2C(=O)c2c(I)cccc21. The van der Waals surface area contributed by atoms with E-state index in [9.17, 15) is 9.59 Å². The Bertz CT molecular complexity index is 628. The zero-order chi connectivity index (χ0) is 11.3. The van der Waals surface area contributed by atoms with E-state index in [-0.39, 0.29) is 11.6 Å². The molecule has 0 radical (unpaired) electrons. The number of halogens is 1. The molecule has 0 amide bonds. The van der Waals surface area contributed by atoms with Crippen molar-refractivity contribution in [1.82, 2.24) is 0 Å². The summed E-state index contributed by atoms with van der Waals surface area (Å²) in [7, 11) is 0. The molecule has 0 atom stereocenters. The van der Waals surface area contributed by atoms with Crippen LogP contribution in [0.15, 0.2) is 29.6 Å². The van der Waals surface area contributed by atoms with Gasteiger partial charge < -0.3 is 0 Å². The van der Waals surface area contributed by atoms with E-state index in [0.29, 0.717) is 21.6 Å². The van der Waals surface area contributed by atoms with E-state index in [1.807, 2.05) is 12.1 Å². The molecule has 0 bridgehead atoms. The molecule has 0 spiro atoms. The Hall–Kier alpha value is -1.01. The van der Waals surface area contributed by atoms with E-state index in [2.05, 4.69) is 22.6 Å². The summed E-state index contributed by atoms with van der Waals surface area (Å²) in [4.78, 5) is 24.9. The van der Waals surface area contributed by atoms with Crippen LogP contribution < -0.4 is 0 Å². The van der Waals surface area contributed by atoms with Gasteiger partial charge in [0.25, 0.3) is 0 Å². The third-order valence-corrected chi connectivity index (χ3v) is 4.41. The maximum absolute atomic E-state index is 12.2. The van der Waals surface area contributed by atoms with Gasteiger partial charge in [-0.3, -0.25) is 9.59 Å². The lowest BCUT2D eigenvalue weighted by Gasteiger charge is -2.14. The molecule has 1 aromatic carbocycles. The van der Waals surface area contributed by atoms with Crippen molar-refractivity contribution in [1.29, 1.82) is 0 Å². The molecule has 1 aromatic heterocycles. The van der Waals surface area contributed by atoms with Crippen molar-refractivity contribution < 1.29 is 9.59 Å². The van der Waals surface area contributed by atoms with Crippen LogP contribution in [0.3, 0.4) is 0 Å². The minimum absolute atomic E-state index is 0.0235. The molecular formula is C12H5IO2S. The molecule has 2 nitrogen and oxygen atoms in total. The van der Waals surface area contributed by atoms with Crippen molar-refractivity contribution in [3.63, 3.8) is 0 Å². The molecule has 0 aliphatic heterocycles. The van der Waals surface area contributed by atoms with Gasteiger partial charge in [0.1, 0.15) is 0 Å². The highest BCUT2D eigenvalue weighted by atomic mass is 127. The Morgan fingerprint density at radius 1 is 1.00 bits per heavy atom. The normalized spacial score (nSPS) is 13.6. The van der Waals surface area contributed by atoms with Crippen molar-refractivity contribution >= 4 is 45.5 Å². The minimum Gasteiger partial charge on any atom is -0.289 e. The summed E-state index contributed by atoms with van der Waals surface area (Å²) in [5.41, 5.74) is 1.63. The van der Waals surface area contributed by atoms with Crippen LogP contribution in [0.25, 0.3) is 0 Å². The first-order valence-corrected chi connectivity index (χ1v) is 6.61. The third kappa shape index (κ3) is 1.23. The van der Waals surface area contributed by atoms with E-state index in [1.54, 1.807) is 17.5 Å². The fourth-order valence-corrected chi connectivity index (χ4v) is 3.45. The number of hydrogen-bond acceptors (Lipinski definition) is 3. The van der Waals surface area contributed by atoms with Crippen LogP contribution >= 0.6 is 33.9 Å². The number of hydrogen-bond donors (Lipinski definition) is 0. The molecule has 0 unspecified atom stereocenters. The molecule has 16 heavy (non-hydrogen) atoms. The number of carbonyl (C=O) groups is 2. The zero-order valence-corrected chi connectivity index (χ0v) is 11.0. The van der Waals surface area contributed by atoms with Gasteiger partial charge in [0.15, 0.2) is 5.78 Å². The Labute approximate surface area is 109 Å². The number of fused-ring (bicyclic) bond motifs is 2. The van der Waals surface area contributed by atoms with E-state index in [4.69, 9.17) is 0 Å². The lowest BCUT2D eigenvalue weighted by molar-refractivity contribution is 0.0982. The van der Waals surface area contributed by atoms with Gasteiger partial charge in [-0.25, -0.2) is 0 Å². The number of rotatable bonds is 0. The monoisotopic (exact) mass is 340 g/mol. The van der Waals surface area contributed by atoms with E-state index in [0.717, 1.165) is 3.57 Å². The molecule has 0 saturated heterocycles. The minimum atomic E-state index is -0.0376. The summed E-state index contributed by atoms with van der Waals surface area (Å²) >= 11 is 3.43. The van der Waals surface area contributed by atoms with Crippen LogP contribution in [0.4, 0.5) is 0 Å². The summed E-state index contributed by atoms with van der Waals surface area (Å²) in [5.74, 6) is -0.0611. The number of ketones is 2. The number of thiophene rings is 1. The third-order valence-electron chi connectivity index (χ3n) is 2.60. The molecular weight excluding hydrogens is 335 g/mol. The Morgan fingerprint density at radius 2 is 1.81 bits per heavy atom. The molecule has 4 heteroatoms. The maximum Gasteiger partial charge on any atom is 0.205 e. The first-order valence-electron chi connectivity index (χ1n) is 4.65.